The summed E-state index contributed by atoms with van der Waals surface area (Å²) in [6.45, 7) is 4.46. The van der Waals surface area contributed by atoms with E-state index in [1.807, 2.05) is 0 Å². The van der Waals surface area contributed by atoms with Gasteiger partial charge in [-0.15, -0.1) is 0 Å². The summed E-state index contributed by atoms with van der Waals surface area (Å²) in [5.74, 6) is 0. The number of halogens is 1. The zero-order chi connectivity index (χ0) is 13.0. The molecule has 1 atom stereocenters. The highest BCUT2D eigenvalue weighted by molar-refractivity contribution is 9.09. The number of nitrogens with zero attached hydrogens (tertiary/aromatic N) is 3. The van der Waals surface area contributed by atoms with Crippen molar-refractivity contribution < 1.29 is 0 Å². The Balaban J connectivity index is 2.03. The molecule has 1 aromatic rings. The molecule has 0 N–H and O–H groups in total. The average molecular weight is 314 g/mol. The molecule has 0 aromatic carbocycles. The third kappa shape index (κ3) is 3.35. The van der Waals surface area contributed by atoms with E-state index in [0.29, 0.717) is 0 Å². The molecule has 1 aromatic heterocycles. The van der Waals surface area contributed by atoms with Crippen LogP contribution in [0, 0.1) is 0 Å². The number of piperidine rings is 1. The molecule has 0 aliphatic carbocycles. The van der Waals surface area contributed by atoms with E-state index in [2.05, 4.69) is 50.6 Å². The van der Waals surface area contributed by atoms with Crippen LogP contribution in [0.1, 0.15) is 44.0 Å². The maximum atomic E-state index is 4.55. The molecular weight excluding hydrogens is 290 g/mol. The topological polar surface area (TPSA) is 21.1 Å². The molecule has 2 rings (SSSR count). The quantitative estimate of drug-likeness (QED) is 0.779. The van der Waals surface area contributed by atoms with Crippen molar-refractivity contribution in [2.45, 2.75) is 51.6 Å². The van der Waals surface area contributed by atoms with Crippen LogP contribution in [0.25, 0.3) is 0 Å². The van der Waals surface area contributed by atoms with Gasteiger partial charge in [0.2, 0.25) is 0 Å². The first kappa shape index (κ1) is 14.1. The van der Waals surface area contributed by atoms with Gasteiger partial charge in [-0.25, -0.2) is 0 Å². The Kier molecular flexibility index (Phi) is 5.25. The lowest BCUT2D eigenvalue weighted by atomic mass is 10.00. The minimum Gasteiger partial charge on any atom is -0.295 e. The molecule has 0 saturated carbocycles. The van der Waals surface area contributed by atoms with Crippen molar-refractivity contribution in [2.75, 3.05) is 11.9 Å². The fourth-order valence-electron chi connectivity index (χ4n) is 2.82. The minimum absolute atomic E-state index is 0.748. The van der Waals surface area contributed by atoms with E-state index in [1.54, 1.807) is 0 Å². The predicted molar refractivity (Wildman–Crippen MR) is 79.0 cm³/mol. The van der Waals surface area contributed by atoms with Crippen LogP contribution in [-0.2, 0) is 20.0 Å². The lowest BCUT2D eigenvalue weighted by Crippen LogP contribution is -2.39. The largest absolute Gasteiger partial charge is 0.295 e. The number of rotatable bonds is 5. The summed E-state index contributed by atoms with van der Waals surface area (Å²) in [5, 5.41) is 5.66. The SMILES string of the molecule is CCc1cc(CN2CCCCC2CCBr)n(C)n1. The maximum Gasteiger partial charge on any atom is 0.0625 e. The van der Waals surface area contributed by atoms with E-state index in [1.165, 1.54) is 43.6 Å². The standard InChI is InChI=1S/C14H24BrN3/c1-3-12-10-14(17(2)16-12)11-18-9-5-4-6-13(18)7-8-15/h10,13H,3-9,11H2,1-2H3. The number of alkyl halides is 1. The lowest BCUT2D eigenvalue weighted by molar-refractivity contribution is 0.134. The molecule has 0 amide bonds. The Morgan fingerprint density at radius 3 is 2.94 bits per heavy atom. The molecule has 1 unspecified atom stereocenters. The molecular formula is C14H24BrN3. The minimum atomic E-state index is 0.748. The van der Waals surface area contributed by atoms with Crippen LogP contribution in [0.5, 0.6) is 0 Å². The molecule has 2 heterocycles. The van der Waals surface area contributed by atoms with Gasteiger partial charge < -0.3 is 0 Å². The second kappa shape index (κ2) is 6.71. The van der Waals surface area contributed by atoms with Crippen molar-refractivity contribution in [3.63, 3.8) is 0 Å². The molecule has 0 radical (unpaired) electrons. The molecule has 1 aliphatic heterocycles. The lowest BCUT2D eigenvalue weighted by Gasteiger charge is -2.35. The Hall–Kier alpha value is -0.350. The molecule has 0 spiro atoms. The monoisotopic (exact) mass is 313 g/mol. The molecule has 3 nitrogen and oxygen atoms in total. The second-order valence-electron chi connectivity index (χ2n) is 5.20. The van der Waals surface area contributed by atoms with E-state index >= 15 is 0 Å². The molecule has 4 heteroatoms. The van der Waals surface area contributed by atoms with Gasteiger partial charge in [0, 0.05) is 25.0 Å². The summed E-state index contributed by atoms with van der Waals surface area (Å²) < 4.78 is 2.05. The van der Waals surface area contributed by atoms with E-state index in [0.717, 1.165) is 24.3 Å². The summed E-state index contributed by atoms with van der Waals surface area (Å²) in [6.07, 6.45) is 6.37. The van der Waals surface area contributed by atoms with E-state index in [9.17, 15) is 0 Å². The summed E-state index contributed by atoms with van der Waals surface area (Å²) in [4.78, 5) is 2.64. The van der Waals surface area contributed by atoms with Gasteiger partial charge in [0.25, 0.3) is 0 Å². The fourth-order valence-corrected chi connectivity index (χ4v) is 3.35. The van der Waals surface area contributed by atoms with Crippen molar-refractivity contribution in [1.29, 1.82) is 0 Å². The number of hydrogen-bond acceptors (Lipinski definition) is 2. The van der Waals surface area contributed by atoms with Gasteiger partial charge in [-0.05, 0) is 38.3 Å². The molecule has 1 saturated heterocycles. The predicted octanol–water partition coefficient (Wildman–Crippen LogP) is 3.12. The Morgan fingerprint density at radius 2 is 2.28 bits per heavy atom. The zero-order valence-electron chi connectivity index (χ0n) is 11.5. The summed E-state index contributed by atoms with van der Waals surface area (Å²) in [6, 6.07) is 3.01. The fraction of sp³-hybridized carbons (Fsp3) is 0.786. The summed E-state index contributed by atoms with van der Waals surface area (Å²) in [5.41, 5.74) is 2.56. The van der Waals surface area contributed by atoms with Crippen molar-refractivity contribution in [3.8, 4) is 0 Å². The molecule has 1 aliphatic rings. The van der Waals surface area contributed by atoms with Gasteiger partial charge in [0.1, 0.15) is 0 Å². The van der Waals surface area contributed by atoms with Crippen LogP contribution in [-0.4, -0.2) is 32.6 Å². The summed E-state index contributed by atoms with van der Waals surface area (Å²) >= 11 is 3.58. The van der Waals surface area contributed by atoms with Crippen LogP contribution in [0.3, 0.4) is 0 Å². The van der Waals surface area contributed by atoms with Crippen LogP contribution >= 0.6 is 15.9 Å². The zero-order valence-corrected chi connectivity index (χ0v) is 13.1. The maximum absolute atomic E-state index is 4.55. The van der Waals surface area contributed by atoms with Gasteiger partial charge in [-0.3, -0.25) is 9.58 Å². The third-order valence-corrected chi connectivity index (χ3v) is 4.40. The highest BCUT2D eigenvalue weighted by atomic mass is 79.9. The molecule has 0 bridgehead atoms. The molecule has 1 fully saturated rings. The van der Waals surface area contributed by atoms with Gasteiger partial charge in [0.15, 0.2) is 0 Å². The first-order valence-electron chi connectivity index (χ1n) is 7.06. The van der Waals surface area contributed by atoms with Crippen molar-refractivity contribution >= 4 is 15.9 Å². The van der Waals surface area contributed by atoms with Crippen molar-refractivity contribution in [2.24, 2.45) is 7.05 Å². The van der Waals surface area contributed by atoms with Crippen LogP contribution < -0.4 is 0 Å². The average Bonchev–Trinajstić information content (AvgIpc) is 2.73. The van der Waals surface area contributed by atoms with E-state index < -0.39 is 0 Å². The normalized spacial score (nSPS) is 21.4. The van der Waals surface area contributed by atoms with E-state index in [-0.39, 0.29) is 0 Å². The third-order valence-electron chi connectivity index (χ3n) is 3.95. The Labute approximate surface area is 119 Å². The molecule has 18 heavy (non-hydrogen) atoms. The second-order valence-corrected chi connectivity index (χ2v) is 5.99. The van der Waals surface area contributed by atoms with Crippen LogP contribution in [0.15, 0.2) is 6.07 Å². The van der Waals surface area contributed by atoms with Gasteiger partial charge in [-0.1, -0.05) is 29.3 Å². The Morgan fingerprint density at radius 1 is 1.44 bits per heavy atom. The van der Waals surface area contributed by atoms with Gasteiger partial charge in [0.05, 0.1) is 11.4 Å². The number of aromatic nitrogens is 2. The van der Waals surface area contributed by atoms with Crippen LogP contribution in [0.4, 0.5) is 0 Å². The van der Waals surface area contributed by atoms with Crippen LogP contribution in [0.2, 0.25) is 0 Å². The van der Waals surface area contributed by atoms with Gasteiger partial charge >= 0.3 is 0 Å². The number of aryl methyl sites for hydroxylation is 2. The van der Waals surface area contributed by atoms with Crippen molar-refractivity contribution in [3.05, 3.63) is 17.5 Å². The van der Waals surface area contributed by atoms with E-state index in [4.69, 9.17) is 0 Å². The summed E-state index contributed by atoms with van der Waals surface area (Å²) in [7, 11) is 2.07. The molecule has 102 valence electrons. The Bertz CT molecular complexity index is 373. The highest BCUT2D eigenvalue weighted by Crippen LogP contribution is 2.22. The first-order chi connectivity index (χ1) is 8.74. The highest BCUT2D eigenvalue weighted by Gasteiger charge is 2.22. The van der Waals surface area contributed by atoms with Crippen molar-refractivity contribution in [1.82, 2.24) is 14.7 Å². The number of hydrogen-bond donors (Lipinski definition) is 0. The van der Waals surface area contributed by atoms with Gasteiger partial charge in [-0.2, -0.15) is 5.10 Å². The number of likely N-dealkylation sites (tertiary alicyclic amines) is 1. The smallest absolute Gasteiger partial charge is 0.0625 e. The first-order valence-corrected chi connectivity index (χ1v) is 8.18.